The van der Waals surface area contributed by atoms with Crippen LogP contribution in [0.3, 0.4) is 0 Å². The first kappa shape index (κ1) is 18.2. The highest BCUT2D eigenvalue weighted by Gasteiger charge is 2.36. The number of hydrogen-bond donors (Lipinski definition) is 0. The third kappa shape index (κ3) is 3.77. The number of nitrogens with zero attached hydrogens (tertiary/aromatic N) is 1. The molecule has 1 aliphatic rings. The van der Waals surface area contributed by atoms with Crippen LogP contribution >= 0.6 is 23.1 Å². The summed E-state index contributed by atoms with van der Waals surface area (Å²) < 4.78 is 47.8. The van der Waals surface area contributed by atoms with Crippen molar-refractivity contribution in [1.82, 2.24) is 0 Å². The molecule has 0 fully saturated rings. The Kier molecular flexibility index (Phi) is 4.78. The van der Waals surface area contributed by atoms with Crippen LogP contribution in [-0.2, 0) is 19.2 Å². The molecule has 27 heavy (non-hydrogen) atoms. The maximum absolute atomic E-state index is 13.4. The lowest BCUT2D eigenvalue weighted by atomic mass is 10.1. The fourth-order valence-corrected chi connectivity index (χ4v) is 4.35. The van der Waals surface area contributed by atoms with E-state index in [9.17, 15) is 13.2 Å². The van der Waals surface area contributed by atoms with E-state index >= 15 is 0 Å². The second-order valence-corrected chi connectivity index (χ2v) is 7.78. The molecular weight excluding hydrogens is 395 g/mol. The fraction of sp³-hybridized carbons (Fsp3) is 0.200. The normalized spacial score (nSPS) is 13.7. The van der Waals surface area contributed by atoms with Crippen molar-refractivity contribution in [3.05, 3.63) is 69.9 Å². The van der Waals surface area contributed by atoms with Gasteiger partial charge in [0.25, 0.3) is 0 Å². The van der Waals surface area contributed by atoms with Gasteiger partial charge in [0.15, 0.2) is 0 Å². The summed E-state index contributed by atoms with van der Waals surface area (Å²) >= 11 is 6.80. The predicted octanol–water partition coefficient (Wildman–Crippen LogP) is 6.53. The quantitative estimate of drug-likeness (QED) is 0.454. The standard InChI is InChI=1S/C20H15ClF3NOS/c21-25-9-8-14-10-15(6-7-18(14)25)26-12-16-11-17(13-4-2-1-3-5-13)19(27-16)20(22,23)24/h1-7,10-11H,8-9,12H2. The predicted molar refractivity (Wildman–Crippen MR) is 102 cm³/mol. The molecule has 0 radical (unpaired) electrons. The highest BCUT2D eigenvalue weighted by molar-refractivity contribution is 7.12. The Morgan fingerprint density at radius 3 is 2.59 bits per heavy atom. The number of benzene rings is 2. The van der Waals surface area contributed by atoms with Crippen LogP contribution in [0.15, 0.2) is 54.6 Å². The number of ether oxygens (including phenoxy) is 1. The lowest BCUT2D eigenvalue weighted by Crippen LogP contribution is -2.04. The van der Waals surface area contributed by atoms with Crippen molar-refractivity contribution in [2.45, 2.75) is 19.2 Å². The van der Waals surface area contributed by atoms with Gasteiger partial charge in [0.05, 0.1) is 5.69 Å². The van der Waals surface area contributed by atoms with E-state index in [-0.39, 0.29) is 12.2 Å². The number of hydrogen-bond acceptors (Lipinski definition) is 3. The van der Waals surface area contributed by atoms with Crippen LogP contribution in [0.1, 0.15) is 15.3 Å². The van der Waals surface area contributed by atoms with Gasteiger partial charge in [-0.25, -0.2) is 0 Å². The van der Waals surface area contributed by atoms with Crippen LogP contribution in [0.2, 0.25) is 0 Å². The summed E-state index contributed by atoms with van der Waals surface area (Å²) in [5, 5.41) is 0. The van der Waals surface area contributed by atoms with E-state index in [1.807, 2.05) is 12.1 Å². The summed E-state index contributed by atoms with van der Waals surface area (Å²) in [5.41, 5.74) is 2.77. The third-order valence-electron chi connectivity index (χ3n) is 4.40. The zero-order valence-corrected chi connectivity index (χ0v) is 15.7. The first-order valence-corrected chi connectivity index (χ1v) is 9.51. The van der Waals surface area contributed by atoms with Gasteiger partial charge in [-0.15, -0.1) is 11.3 Å². The van der Waals surface area contributed by atoms with E-state index in [0.29, 0.717) is 16.2 Å². The van der Waals surface area contributed by atoms with Gasteiger partial charge in [0.2, 0.25) is 0 Å². The van der Waals surface area contributed by atoms with Crippen LogP contribution in [0.4, 0.5) is 18.9 Å². The molecule has 3 aromatic rings. The molecule has 4 rings (SSSR count). The highest BCUT2D eigenvalue weighted by atomic mass is 35.5. The van der Waals surface area contributed by atoms with E-state index in [2.05, 4.69) is 0 Å². The minimum absolute atomic E-state index is 0.0873. The number of halogens is 4. The van der Waals surface area contributed by atoms with Crippen molar-refractivity contribution in [2.24, 2.45) is 0 Å². The summed E-state index contributed by atoms with van der Waals surface area (Å²) in [5.74, 6) is 0.629. The summed E-state index contributed by atoms with van der Waals surface area (Å²) in [6, 6.07) is 15.7. The van der Waals surface area contributed by atoms with Crippen molar-refractivity contribution in [3.63, 3.8) is 0 Å². The number of fused-ring (bicyclic) bond motifs is 1. The number of rotatable bonds is 4. The topological polar surface area (TPSA) is 12.5 Å². The molecule has 0 saturated heterocycles. The van der Waals surface area contributed by atoms with Gasteiger partial charge in [-0.2, -0.15) is 13.2 Å². The number of alkyl halides is 3. The Morgan fingerprint density at radius 1 is 1.07 bits per heavy atom. The molecule has 0 atom stereocenters. The van der Waals surface area contributed by atoms with Gasteiger partial charge < -0.3 is 4.74 Å². The zero-order valence-electron chi connectivity index (χ0n) is 14.1. The average Bonchev–Trinajstić information content (AvgIpc) is 3.25. The van der Waals surface area contributed by atoms with Crippen molar-refractivity contribution < 1.29 is 17.9 Å². The lowest BCUT2D eigenvalue weighted by molar-refractivity contribution is -0.133. The Morgan fingerprint density at radius 2 is 1.85 bits per heavy atom. The Bertz CT molecular complexity index is 956. The fourth-order valence-electron chi connectivity index (χ4n) is 3.14. The van der Waals surface area contributed by atoms with Crippen molar-refractivity contribution in [2.75, 3.05) is 11.0 Å². The summed E-state index contributed by atoms with van der Waals surface area (Å²) in [4.78, 5) is -0.0697. The maximum Gasteiger partial charge on any atom is 0.426 e. The summed E-state index contributed by atoms with van der Waals surface area (Å²) in [7, 11) is 0. The van der Waals surface area contributed by atoms with E-state index in [4.69, 9.17) is 16.5 Å². The van der Waals surface area contributed by atoms with E-state index < -0.39 is 11.1 Å². The van der Waals surface area contributed by atoms with E-state index in [1.165, 1.54) is 0 Å². The van der Waals surface area contributed by atoms with Crippen LogP contribution in [0.25, 0.3) is 11.1 Å². The van der Waals surface area contributed by atoms with Crippen molar-refractivity contribution in [3.8, 4) is 16.9 Å². The second kappa shape index (κ2) is 7.09. The smallest absolute Gasteiger partial charge is 0.426 e. The van der Waals surface area contributed by atoms with Gasteiger partial charge in [-0.05, 0) is 41.8 Å². The molecule has 0 spiro atoms. The minimum Gasteiger partial charge on any atom is -0.488 e. The van der Waals surface area contributed by atoms with Crippen LogP contribution in [-0.4, -0.2) is 6.54 Å². The maximum atomic E-state index is 13.4. The Hall–Kier alpha value is -2.18. The minimum atomic E-state index is -4.40. The van der Waals surface area contributed by atoms with Crippen LogP contribution in [0, 0.1) is 0 Å². The molecule has 2 nitrogen and oxygen atoms in total. The average molecular weight is 410 g/mol. The molecule has 0 aliphatic carbocycles. The first-order chi connectivity index (χ1) is 12.9. The second-order valence-electron chi connectivity index (χ2n) is 6.23. The van der Waals surface area contributed by atoms with Gasteiger partial charge in [-0.1, -0.05) is 30.3 Å². The van der Waals surface area contributed by atoms with E-state index in [1.54, 1.807) is 46.9 Å². The van der Waals surface area contributed by atoms with Crippen molar-refractivity contribution in [1.29, 1.82) is 0 Å². The molecule has 0 amide bonds. The molecule has 0 N–H and O–H groups in total. The zero-order chi connectivity index (χ0) is 19.0. The lowest BCUT2D eigenvalue weighted by Gasteiger charge is -2.10. The molecule has 2 heterocycles. The SMILES string of the molecule is FC(F)(F)c1sc(COc2ccc3c(c2)CCN3Cl)cc1-c1ccccc1. The summed E-state index contributed by atoms with van der Waals surface area (Å²) in [6.07, 6.45) is -3.57. The van der Waals surface area contributed by atoms with Crippen LogP contribution in [0.5, 0.6) is 5.75 Å². The molecule has 0 bridgehead atoms. The molecular formula is C20H15ClF3NOS. The molecule has 1 aromatic heterocycles. The van der Waals surface area contributed by atoms with Gasteiger partial charge in [0.1, 0.15) is 17.2 Å². The molecule has 7 heteroatoms. The summed E-state index contributed by atoms with van der Waals surface area (Å²) in [6.45, 7) is 0.824. The van der Waals surface area contributed by atoms with Gasteiger partial charge >= 0.3 is 6.18 Å². The van der Waals surface area contributed by atoms with Crippen LogP contribution < -0.4 is 9.16 Å². The number of anilines is 1. The number of thiophene rings is 1. The van der Waals surface area contributed by atoms with Gasteiger partial charge in [-0.3, -0.25) is 4.42 Å². The Labute approximate surface area is 163 Å². The highest BCUT2D eigenvalue weighted by Crippen LogP contribution is 2.43. The molecule has 0 unspecified atom stereocenters. The monoisotopic (exact) mass is 409 g/mol. The molecule has 140 valence electrons. The first-order valence-electron chi connectivity index (χ1n) is 8.36. The Balaban J connectivity index is 1.57. The van der Waals surface area contributed by atoms with Gasteiger partial charge in [0, 0.05) is 28.8 Å². The van der Waals surface area contributed by atoms with E-state index in [0.717, 1.165) is 35.6 Å². The molecule has 2 aromatic carbocycles. The van der Waals surface area contributed by atoms with Crippen molar-refractivity contribution >= 4 is 28.8 Å². The third-order valence-corrected chi connectivity index (χ3v) is 5.90. The molecule has 0 saturated carbocycles. The molecule has 1 aliphatic heterocycles. The largest absolute Gasteiger partial charge is 0.488 e.